The molecule has 1 fully saturated rings. The molecule has 0 bridgehead atoms. The van der Waals surface area contributed by atoms with Crippen molar-refractivity contribution in [2.75, 3.05) is 20.3 Å². The fourth-order valence-electron chi connectivity index (χ4n) is 2.19. The number of sulfonamides is 1. The first-order valence-electron chi connectivity index (χ1n) is 7.26. The van der Waals surface area contributed by atoms with Crippen LogP contribution in [0.4, 0.5) is 0 Å². The molecular weight excluding hydrogens is 288 g/mol. The SMILES string of the molecule is COCCNS(=O)(=O)c1cc(CNC2CC2)cc(C)c1C. The number of nitrogens with one attached hydrogen (secondary N) is 2. The molecule has 0 aromatic heterocycles. The van der Waals surface area contributed by atoms with E-state index in [2.05, 4.69) is 16.1 Å². The summed E-state index contributed by atoms with van der Waals surface area (Å²) < 4.78 is 32.3. The van der Waals surface area contributed by atoms with Crippen LogP contribution in [-0.4, -0.2) is 34.7 Å². The quantitative estimate of drug-likeness (QED) is 0.714. The van der Waals surface area contributed by atoms with Gasteiger partial charge in [-0.15, -0.1) is 0 Å². The molecule has 0 saturated heterocycles. The molecule has 2 N–H and O–H groups in total. The molecule has 0 unspecified atom stereocenters. The molecule has 1 aromatic rings. The predicted octanol–water partition coefficient (Wildman–Crippen LogP) is 1.48. The molecular formula is C15H24N2O3S. The molecule has 1 aromatic carbocycles. The zero-order valence-electron chi connectivity index (χ0n) is 12.9. The summed E-state index contributed by atoms with van der Waals surface area (Å²) in [4.78, 5) is 0.367. The third kappa shape index (κ3) is 4.51. The lowest BCUT2D eigenvalue weighted by Crippen LogP contribution is -2.28. The fourth-order valence-corrected chi connectivity index (χ4v) is 3.56. The third-order valence-electron chi connectivity index (χ3n) is 3.74. The zero-order valence-corrected chi connectivity index (χ0v) is 13.7. The van der Waals surface area contributed by atoms with Crippen LogP contribution in [0.15, 0.2) is 17.0 Å². The summed E-state index contributed by atoms with van der Waals surface area (Å²) in [5.41, 5.74) is 2.81. The van der Waals surface area contributed by atoms with E-state index in [1.807, 2.05) is 13.8 Å². The van der Waals surface area contributed by atoms with Crippen LogP contribution < -0.4 is 10.0 Å². The van der Waals surface area contributed by atoms with E-state index >= 15 is 0 Å². The molecule has 6 heteroatoms. The number of hydrogen-bond acceptors (Lipinski definition) is 4. The lowest BCUT2D eigenvalue weighted by atomic mass is 10.1. The second-order valence-electron chi connectivity index (χ2n) is 5.58. The topological polar surface area (TPSA) is 67.4 Å². The van der Waals surface area contributed by atoms with Crippen molar-refractivity contribution in [1.29, 1.82) is 0 Å². The van der Waals surface area contributed by atoms with E-state index in [1.165, 1.54) is 12.8 Å². The van der Waals surface area contributed by atoms with E-state index in [0.717, 1.165) is 16.7 Å². The smallest absolute Gasteiger partial charge is 0.240 e. The number of aryl methyl sites for hydroxylation is 1. The number of ether oxygens (including phenoxy) is 1. The van der Waals surface area contributed by atoms with Gasteiger partial charge in [-0.25, -0.2) is 13.1 Å². The number of benzene rings is 1. The largest absolute Gasteiger partial charge is 0.383 e. The van der Waals surface area contributed by atoms with Gasteiger partial charge in [0.05, 0.1) is 11.5 Å². The van der Waals surface area contributed by atoms with Gasteiger partial charge in [0.15, 0.2) is 0 Å². The van der Waals surface area contributed by atoms with Gasteiger partial charge < -0.3 is 10.1 Å². The number of methoxy groups -OCH3 is 1. The van der Waals surface area contributed by atoms with Crippen LogP contribution >= 0.6 is 0 Å². The molecule has 2 rings (SSSR count). The molecule has 0 atom stereocenters. The predicted molar refractivity (Wildman–Crippen MR) is 82.8 cm³/mol. The summed E-state index contributed by atoms with van der Waals surface area (Å²) in [5.74, 6) is 0. The highest BCUT2D eigenvalue weighted by Gasteiger charge is 2.22. The Morgan fingerprint density at radius 1 is 1.29 bits per heavy atom. The molecule has 118 valence electrons. The van der Waals surface area contributed by atoms with Gasteiger partial charge in [-0.05, 0) is 49.4 Å². The van der Waals surface area contributed by atoms with Crippen LogP contribution in [0.5, 0.6) is 0 Å². The molecule has 0 amide bonds. The van der Waals surface area contributed by atoms with Crippen LogP contribution in [0, 0.1) is 13.8 Å². The van der Waals surface area contributed by atoms with E-state index in [0.29, 0.717) is 24.1 Å². The minimum absolute atomic E-state index is 0.280. The van der Waals surface area contributed by atoms with E-state index < -0.39 is 10.0 Å². The van der Waals surface area contributed by atoms with Crippen molar-refractivity contribution in [3.8, 4) is 0 Å². The fraction of sp³-hybridized carbons (Fsp3) is 0.600. The third-order valence-corrected chi connectivity index (χ3v) is 5.33. The highest BCUT2D eigenvalue weighted by Crippen LogP contribution is 2.23. The molecule has 0 spiro atoms. The molecule has 0 radical (unpaired) electrons. The normalized spacial score (nSPS) is 15.4. The molecule has 0 aliphatic heterocycles. The van der Waals surface area contributed by atoms with E-state index in [4.69, 9.17) is 4.74 Å². The summed E-state index contributed by atoms with van der Waals surface area (Å²) >= 11 is 0. The maximum absolute atomic E-state index is 12.4. The van der Waals surface area contributed by atoms with E-state index in [1.54, 1.807) is 13.2 Å². The van der Waals surface area contributed by atoms with Crippen LogP contribution in [0.25, 0.3) is 0 Å². The highest BCUT2D eigenvalue weighted by atomic mass is 32.2. The summed E-state index contributed by atoms with van der Waals surface area (Å²) in [5, 5.41) is 3.42. The highest BCUT2D eigenvalue weighted by molar-refractivity contribution is 7.89. The maximum Gasteiger partial charge on any atom is 0.240 e. The van der Waals surface area contributed by atoms with Crippen molar-refractivity contribution >= 4 is 10.0 Å². The number of hydrogen-bond donors (Lipinski definition) is 2. The Kier molecular flexibility index (Phi) is 5.37. The Balaban J connectivity index is 2.19. The summed E-state index contributed by atoms with van der Waals surface area (Å²) in [6.07, 6.45) is 2.43. The van der Waals surface area contributed by atoms with Crippen molar-refractivity contribution in [1.82, 2.24) is 10.0 Å². The standard InChI is InChI=1S/C15H24N2O3S/c1-11-8-13(10-16-14-4-5-14)9-15(12(11)2)21(18,19)17-6-7-20-3/h8-9,14,16-17H,4-7,10H2,1-3H3. The van der Waals surface area contributed by atoms with Crippen molar-refractivity contribution < 1.29 is 13.2 Å². The average molecular weight is 312 g/mol. The molecule has 21 heavy (non-hydrogen) atoms. The van der Waals surface area contributed by atoms with Crippen LogP contribution in [0.1, 0.15) is 29.5 Å². The lowest BCUT2D eigenvalue weighted by Gasteiger charge is -2.14. The lowest BCUT2D eigenvalue weighted by molar-refractivity contribution is 0.204. The van der Waals surface area contributed by atoms with Crippen molar-refractivity contribution in [3.05, 3.63) is 28.8 Å². The Labute approximate surface area is 127 Å². The molecule has 1 aliphatic carbocycles. The zero-order chi connectivity index (χ0) is 15.5. The van der Waals surface area contributed by atoms with Crippen LogP contribution in [0.3, 0.4) is 0 Å². The summed E-state index contributed by atoms with van der Waals surface area (Å²) in [6.45, 7) is 5.15. The average Bonchev–Trinajstić information content (AvgIpc) is 3.24. The number of rotatable bonds is 8. The Bertz CT molecular complexity index is 595. The van der Waals surface area contributed by atoms with E-state index in [9.17, 15) is 8.42 Å². The first-order chi connectivity index (χ1) is 9.94. The van der Waals surface area contributed by atoms with Gasteiger partial charge in [0.1, 0.15) is 0 Å². The molecule has 1 saturated carbocycles. The summed E-state index contributed by atoms with van der Waals surface area (Å²) in [7, 11) is -1.94. The van der Waals surface area contributed by atoms with Gasteiger partial charge in [0, 0.05) is 26.2 Å². The molecule has 1 aliphatic rings. The molecule has 0 heterocycles. The van der Waals surface area contributed by atoms with Crippen LogP contribution in [-0.2, 0) is 21.3 Å². The first-order valence-corrected chi connectivity index (χ1v) is 8.74. The van der Waals surface area contributed by atoms with Crippen molar-refractivity contribution in [3.63, 3.8) is 0 Å². The van der Waals surface area contributed by atoms with Gasteiger partial charge in [-0.3, -0.25) is 0 Å². The molecule has 5 nitrogen and oxygen atoms in total. The maximum atomic E-state index is 12.4. The van der Waals surface area contributed by atoms with Crippen molar-refractivity contribution in [2.24, 2.45) is 0 Å². The Morgan fingerprint density at radius 3 is 2.62 bits per heavy atom. The summed E-state index contributed by atoms with van der Waals surface area (Å²) in [6, 6.07) is 4.43. The van der Waals surface area contributed by atoms with Gasteiger partial charge in [0.25, 0.3) is 0 Å². The van der Waals surface area contributed by atoms with Gasteiger partial charge >= 0.3 is 0 Å². The van der Waals surface area contributed by atoms with Gasteiger partial charge in [-0.1, -0.05) is 6.07 Å². The monoisotopic (exact) mass is 312 g/mol. The van der Waals surface area contributed by atoms with E-state index in [-0.39, 0.29) is 6.54 Å². The minimum atomic E-state index is -3.49. The van der Waals surface area contributed by atoms with Gasteiger partial charge in [-0.2, -0.15) is 0 Å². The Hall–Kier alpha value is -0.950. The second-order valence-corrected chi connectivity index (χ2v) is 7.32. The first kappa shape index (κ1) is 16.4. The Morgan fingerprint density at radius 2 is 2.00 bits per heavy atom. The minimum Gasteiger partial charge on any atom is -0.383 e. The van der Waals surface area contributed by atoms with Crippen LogP contribution in [0.2, 0.25) is 0 Å². The van der Waals surface area contributed by atoms with Gasteiger partial charge in [0.2, 0.25) is 10.0 Å². The second kappa shape index (κ2) is 6.87. The van der Waals surface area contributed by atoms with Crippen molar-refractivity contribution in [2.45, 2.75) is 44.2 Å².